The minimum atomic E-state index is -0.984. The van der Waals surface area contributed by atoms with Gasteiger partial charge in [-0.1, -0.05) is 0 Å². The zero-order chi connectivity index (χ0) is 15.9. The van der Waals surface area contributed by atoms with E-state index in [1.54, 1.807) is 0 Å². The number of carboxylic acids is 1. The molecule has 0 radical (unpaired) electrons. The molecule has 8 heteroatoms. The van der Waals surface area contributed by atoms with Gasteiger partial charge in [0, 0.05) is 26.5 Å². The Balaban J connectivity index is 3.17. The molecule has 2 N–H and O–H groups in total. The molecule has 0 heterocycles. The molecule has 0 aromatic carbocycles. The molecular formula is C13H23NO7. The molecule has 0 aliphatic rings. The highest BCUT2D eigenvalue weighted by Crippen LogP contribution is 1.89. The van der Waals surface area contributed by atoms with Gasteiger partial charge in [-0.05, 0) is 6.42 Å². The van der Waals surface area contributed by atoms with E-state index in [-0.39, 0.29) is 31.3 Å². The lowest BCUT2D eigenvalue weighted by Crippen LogP contribution is -2.25. The quantitative estimate of drug-likeness (QED) is 0.362. The smallest absolute Gasteiger partial charge is 0.303 e. The van der Waals surface area contributed by atoms with E-state index < -0.39 is 5.97 Å². The summed E-state index contributed by atoms with van der Waals surface area (Å²) in [6.07, 6.45) is 0.478. The van der Waals surface area contributed by atoms with Gasteiger partial charge in [-0.25, -0.2) is 0 Å². The van der Waals surface area contributed by atoms with Gasteiger partial charge in [0.15, 0.2) is 0 Å². The Bertz CT molecular complexity index is 320. The van der Waals surface area contributed by atoms with Crippen LogP contribution in [0.2, 0.25) is 0 Å². The van der Waals surface area contributed by atoms with Gasteiger partial charge in [0.05, 0.1) is 26.2 Å². The molecule has 0 aliphatic carbocycles. The minimum absolute atomic E-state index is 0.00758. The molecule has 0 aromatic rings. The van der Waals surface area contributed by atoms with Crippen molar-refractivity contribution in [2.75, 3.05) is 39.6 Å². The van der Waals surface area contributed by atoms with Crippen LogP contribution in [0.5, 0.6) is 0 Å². The number of carbonyl (C=O) groups is 3. The largest absolute Gasteiger partial charge is 0.481 e. The number of nitrogens with one attached hydrogen (secondary N) is 1. The number of aliphatic carboxylic acids is 1. The van der Waals surface area contributed by atoms with Crippen LogP contribution in [-0.2, 0) is 28.6 Å². The van der Waals surface area contributed by atoms with Gasteiger partial charge >= 0.3 is 11.9 Å². The van der Waals surface area contributed by atoms with Crippen molar-refractivity contribution in [1.82, 2.24) is 5.32 Å². The number of rotatable bonds is 13. The highest BCUT2D eigenvalue weighted by atomic mass is 16.6. The van der Waals surface area contributed by atoms with E-state index in [9.17, 15) is 14.4 Å². The number of carboxylic acid groups (broad SMARTS) is 1. The van der Waals surface area contributed by atoms with Crippen molar-refractivity contribution in [3.8, 4) is 0 Å². The van der Waals surface area contributed by atoms with E-state index in [0.29, 0.717) is 39.4 Å². The summed E-state index contributed by atoms with van der Waals surface area (Å²) in [5.74, 6) is -1.59. The Morgan fingerprint density at radius 1 is 0.952 bits per heavy atom. The number of ether oxygens (including phenoxy) is 3. The third-order valence-electron chi connectivity index (χ3n) is 2.26. The summed E-state index contributed by atoms with van der Waals surface area (Å²) in [6.45, 7) is 3.67. The van der Waals surface area contributed by atoms with E-state index in [4.69, 9.17) is 14.6 Å². The molecule has 21 heavy (non-hydrogen) atoms. The van der Waals surface area contributed by atoms with Crippen LogP contribution in [0.15, 0.2) is 0 Å². The fraction of sp³-hybridized carbons (Fsp3) is 0.769. The lowest BCUT2D eigenvalue weighted by molar-refractivity contribution is -0.142. The Hall–Kier alpha value is -1.67. The van der Waals surface area contributed by atoms with Crippen molar-refractivity contribution >= 4 is 17.8 Å². The average molecular weight is 305 g/mol. The summed E-state index contributed by atoms with van der Waals surface area (Å²) in [7, 11) is 0. The number of hydrogen-bond donors (Lipinski definition) is 2. The van der Waals surface area contributed by atoms with E-state index in [0.717, 1.165) is 0 Å². The second-order valence-electron chi connectivity index (χ2n) is 4.16. The third kappa shape index (κ3) is 16.3. The fourth-order valence-electron chi connectivity index (χ4n) is 1.28. The SMILES string of the molecule is CC(=O)OCCOCCOCCCNC(=O)CCC(=O)O. The number of esters is 1. The van der Waals surface area contributed by atoms with E-state index in [2.05, 4.69) is 10.1 Å². The summed E-state index contributed by atoms with van der Waals surface area (Å²) in [4.78, 5) is 31.8. The number of carbonyl (C=O) groups excluding carboxylic acids is 2. The molecule has 0 unspecified atom stereocenters. The van der Waals surface area contributed by atoms with Gasteiger partial charge in [0.2, 0.25) is 5.91 Å². The molecule has 0 saturated heterocycles. The first-order valence-electron chi connectivity index (χ1n) is 6.79. The predicted molar refractivity (Wildman–Crippen MR) is 72.8 cm³/mol. The summed E-state index contributed by atoms with van der Waals surface area (Å²) in [5.41, 5.74) is 0. The first-order valence-corrected chi connectivity index (χ1v) is 6.79. The molecule has 0 fully saturated rings. The van der Waals surface area contributed by atoms with Crippen LogP contribution in [0.25, 0.3) is 0 Å². The second-order valence-corrected chi connectivity index (χ2v) is 4.16. The maximum atomic E-state index is 11.2. The maximum absolute atomic E-state index is 11.2. The summed E-state index contributed by atoms with van der Waals surface area (Å²) in [5, 5.41) is 11.0. The summed E-state index contributed by atoms with van der Waals surface area (Å²) in [6, 6.07) is 0. The van der Waals surface area contributed by atoms with Crippen LogP contribution in [0.1, 0.15) is 26.2 Å². The molecule has 0 aliphatic heterocycles. The molecule has 122 valence electrons. The van der Waals surface area contributed by atoms with Gasteiger partial charge < -0.3 is 24.6 Å². The summed E-state index contributed by atoms with van der Waals surface area (Å²) >= 11 is 0. The highest BCUT2D eigenvalue weighted by molar-refractivity contribution is 5.80. The van der Waals surface area contributed by atoms with Gasteiger partial charge in [0.1, 0.15) is 6.61 Å². The first-order chi connectivity index (χ1) is 10.0. The van der Waals surface area contributed by atoms with Crippen LogP contribution in [0.4, 0.5) is 0 Å². The van der Waals surface area contributed by atoms with E-state index in [1.807, 2.05) is 0 Å². The Morgan fingerprint density at radius 2 is 1.57 bits per heavy atom. The van der Waals surface area contributed by atoms with Crippen LogP contribution < -0.4 is 5.32 Å². The fourth-order valence-corrected chi connectivity index (χ4v) is 1.28. The molecule has 0 spiro atoms. The van der Waals surface area contributed by atoms with Gasteiger partial charge in [-0.15, -0.1) is 0 Å². The lowest BCUT2D eigenvalue weighted by atomic mass is 10.3. The Kier molecular flexibility index (Phi) is 12.3. The van der Waals surface area contributed by atoms with E-state index >= 15 is 0 Å². The molecule has 0 saturated carbocycles. The third-order valence-corrected chi connectivity index (χ3v) is 2.26. The Morgan fingerprint density at radius 3 is 2.19 bits per heavy atom. The van der Waals surface area contributed by atoms with Crippen LogP contribution in [-0.4, -0.2) is 62.5 Å². The van der Waals surface area contributed by atoms with Crippen molar-refractivity contribution in [2.24, 2.45) is 0 Å². The van der Waals surface area contributed by atoms with Gasteiger partial charge in [0.25, 0.3) is 0 Å². The van der Waals surface area contributed by atoms with Crippen LogP contribution in [0.3, 0.4) is 0 Å². The van der Waals surface area contributed by atoms with Crippen LogP contribution >= 0.6 is 0 Å². The molecule has 1 amide bonds. The molecule has 8 nitrogen and oxygen atoms in total. The van der Waals surface area contributed by atoms with Crippen molar-refractivity contribution in [3.63, 3.8) is 0 Å². The molecule has 0 rings (SSSR count). The first kappa shape index (κ1) is 19.3. The van der Waals surface area contributed by atoms with Gasteiger partial charge in [-0.3, -0.25) is 14.4 Å². The van der Waals surface area contributed by atoms with Gasteiger partial charge in [-0.2, -0.15) is 0 Å². The van der Waals surface area contributed by atoms with Crippen LogP contribution in [0, 0.1) is 0 Å². The lowest BCUT2D eigenvalue weighted by Gasteiger charge is -2.07. The minimum Gasteiger partial charge on any atom is -0.481 e. The maximum Gasteiger partial charge on any atom is 0.303 e. The average Bonchev–Trinajstić information content (AvgIpc) is 2.42. The number of hydrogen-bond acceptors (Lipinski definition) is 6. The zero-order valence-corrected chi connectivity index (χ0v) is 12.3. The monoisotopic (exact) mass is 305 g/mol. The summed E-state index contributed by atoms with van der Waals surface area (Å²) < 4.78 is 15.1. The standard InChI is InChI=1S/C13H23NO7/c1-11(15)21-10-9-20-8-7-19-6-2-5-14-12(16)3-4-13(17)18/h2-10H2,1H3,(H,14,16)(H,17,18). The van der Waals surface area contributed by atoms with Crippen molar-refractivity contribution < 1.29 is 33.7 Å². The molecule has 0 atom stereocenters. The molecule has 0 aromatic heterocycles. The second kappa shape index (κ2) is 13.3. The topological polar surface area (TPSA) is 111 Å². The van der Waals surface area contributed by atoms with Crippen molar-refractivity contribution in [1.29, 1.82) is 0 Å². The number of amides is 1. The highest BCUT2D eigenvalue weighted by Gasteiger charge is 2.03. The molecular weight excluding hydrogens is 282 g/mol. The zero-order valence-electron chi connectivity index (χ0n) is 12.3. The van der Waals surface area contributed by atoms with Crippen molar-refractivity contribution in [2.45, 2.75) is 26.2 Å². The van der Waals surface area contributed by atoms with E-state index in [1.165, 1.54) is 6.92 Å². The Labute approximate surface area is 123 Å². The van der Waals surface area contributed by atoms with Crippen molar-refractivity contribution in [3.05, 3.63) is 0 Å². The predicted octanol–water partition coefficient (Wildman–Crippen LogP) is -0.0462. The normalized spacial score (nSPS) is 10.1. The molecule has 0 bridgehead atoms.